The summed E-state index contributed by atoms with van der Waals surface area (Å²) in [6.07, 6.45) is 1.28. The molecule has 9 nitrogen and oxygen atoms in total. The highest BCUT2D eigenvalue weighted by Crippen LogP contribution is 2.42. The predicted molar refractivity (Wildman–Crippen MR) is 113 cm³/mol. The molecule has 0 spiro atoms. The van der Waals surface area contributed by atoms with E-state index in [2.05, 4.69) is 10.0 Å². The highest BCUT2D eigenvalue weighted by Gasteiger charge is 2.34. The average Bonchev–Trinajstić information content (AvgIpc) is 2.59. The van der Waals surface area contributed by atoms with Gasteiger partial charge in [-0.1, -0.05) is 11.6 Å². The number of allylic oxidation sites excluding steroid dienone is 4. The van der Waals surface area contributed by atoms with Gasteiger partial charge in [0.15, 0.2) is 0 Å². The number of dihydropyridines is 1. The van der Waals surface area contributed by atoms with Gasteiger partial charge in [-0.05, 0) is 51.0 Å². The predicted octanol–water partition coefficient (Wildman–Crippen LogP) is 3.41. The van der Waals surface area contributed by atoms with Crippen molar-refractivity contribution in [2.75, 3.05) is 0 Å². The summed E-state index contributed by atoms with van der Waals surface area (Å²) in [7, 11) is -3.79. The van der Waals surface area contributed by atoms with Gasteiger partial charge in [0, 0.05) is 45.9 Å². The second-order valence-corrected chi connectivity index (χ2v) is 9.07. The molecule has 30 heavy (non-hydrogen) atoms. The number of hydrogen-bond donors (Lipinski definition) is 3. The van der Waals surface area contributed by atoms with Crippen LogP contribution >= 0.6 is 11.6 Å². The molecule has 1 aliphatic rings. The molecule has 162 valence electrons. The molecular weight excluding hydrogens is 434 g/mol. The minimum absolute atomic E-state index is 0.0862. The summed E-state index contributed by atoms with van der Waals surface area (Å²) in [6, 6.07) is 3.40. The lowest BCUT2D eigenvalue weighted by Gasteiger charge is -2.30. The molecule has 11 heteroatoms. The number of rotatable bonds is 7. The summed E-state index contributed by atoms with van der Waals surface area (Å²) in [6.45, 7) is 6.54. The molecule has 0 aliphatic carbocycles. The molecule has 0 radical (unpaired) electrons. The summed E-state index contributed by atoms with van der Waals surface area (Å²) in [5, 5.41) is 25.0. The third kappa shape index (κ3) is 5.26. The number of hydrogen-bond acceptors (Lipinski definition) is 6. The van der Waals surface area contributed by atoms with Gasteiger partial charge in [-0.25, -0.2) is 17.9 Å². The smallest absolute Gasteiger partial charge is 0.334 e. The Morgan fingerprint density at radius 3 is 2.50 bits per heavy atom. The van der Waals surface area contributed by atoms with Gasteiger partial charge in [0.05, 0.1) is 10.5 Å². The number of nitro benzene ring substituents is 1. The fourth-order valence-electron chi connectivity index (χ4n) is 3.23. The molecule has 0 bridgehead atoms. The van der Waals surface area contributed by atoms with Gasteiger partial charge in [0.25, 0.3) is 5.69 Å². The van der Waals surface area contributed by atoms with Crippen LogP contribution in [0.25, 0.3) is 0 Å². The largest absolute Gasteiger partial charge is 0.478 e. The molecule has 2 rings (SSSR count). The normalized spacial score (nSPS) is 17.6. The fourth-order valence-corrected chi connectivity index (χ4v) is 4.52. The first kappa shape index (κ1) is 23.6. The molecule has 1 aromatic rings. The summed E-state index contributed by atoms with van der Waals surface area (Å²) in [5.74, 6) is -2.27. The average molecular weight is 456 g/mol. The van der Waals surface area contributed by atoms with E-state index in [4.69, 9.17) is 11.6 Å². The van der Waals surface area contributed by atoms with Gasteiger partial charge in [-0.15, -0.1) is 0 Å². The Morgan fingerprint density at radius 2 is 1.97 bits per heavy atom. The molecule has 0 saturated carbocycles. The van der Waals surface area contributed by atoms with Crippen molar-refractivity contribution in [2.45, 2.75) is 39.7 Å². The van der Waals surface area contributed by atoms with Crippen molar-refractivity contribution in [3.05, 3.63) is 72.9 Å². The van der Waals surface area contributed by atoms with E-state index in [9.17, 15) is 28.4 Å². The number of nitro groups is 1. The standard InChI is InChI=1S/C19H22ClN3O6S/c1-10(2)22-30(28,29)8-7-14-11(3)21-12(4)17(19(24)25)18(14)15-9-13(23(26)27)5-6-16(15)20/h5-10,18,21-22H,1-4H3,(H,24,25)/b8-7+. The van der Waals surface area contributed by atoms with E-state index in [1.807, 2.05) is 0 Å². The SMILES string of the molecule is CC1=C(/C=C/S(=O)(=O)NC(C)C)C(c2cc([N+](=O)[O-])ccc2Cl)C(C(=O)O)=C(C)N1. The van der Waals surface area contributed by atoms with Crippen LogP contribution in [0.2, 0.25) is 5.02 Å². The number of sulfonamides is 1. The number of nitrogens with zero attached hydrogens (tertiary/aromatic N) is 1. The molecule has 1 aromatic carbocycles. The fraction of sp³-hybridized carbons (Fsp3) is 0.316. The monoisotopic (exact) mass is 455 g/mol. The van der Waals surface area contributed by atoms with Gasteiger partial charge < -0.3 is 10.4 Å². The van der Waals surface area contributed by atoms with Crippen molar-refractivity contribution in [3.8, 4) is 0 Å². The molecule has 1 heterocycles. The molecule has 3 N–H and O–H groups in total. The highest BCUT2D eigenvalue weighted by molar-refractivity contribution is 7.92. The Labute approximate surface area is 179 Å². The number of aliphatic carboxylic acids is 1. The van der Waals surface area contributed by atoms with Gasteiger partial charge in [0.1, 0.15) is 0 Å². The first-order valence-corrected chi connectivity index (χ1v) is 10.8. The summed E-state index contributed by atoms with van der Waals surface area (Å²) in [4.78, 5) is 22.7. The number of non-ortho nitro benzene ring substituents is 1. The zero-order chi connectivity index (χ0) is 22.8. The van der Waals surface area contributed by atoms with Gasteiger partial charge >= 0.3 is 5.97 Å². The Kier molecular flexibility index (Phi) is 7.06. The minimum Gasteiger partial charge on any atom is -0.478 e. The first-order chi connectivity index (χ1) is 13.8. The highest BCUT2D eigenvalue weighted by atomic mass is 35.5. The Hall–Kier alpha value is -2.69. The molecule has 1 atom stereocenters. The first-order valence-electron chi connectivity index (χ1n) is 8.90. The third-order valence-electron chi connectivity index (χ3n) is 4.37. The maximum atomic E-state index is 12.2. The maximum Gasteiger partial charge on any atom is 0.334 e. The Balaban J connectivity index is 2.71. The van der Waals surface area contributed by atoms with Crippen LogP contribution in [0.1, 0.15) is 39.2 Å². The van der Waals surface area contributed by atoms with E-state index >= 15 is 0 Å². The van der Waals surface area contributed by atoms with Crippen molar-refractivity contribution in [1.29, 1.82) is 0 Å². The van der Waals surface area contributed by atoms with Crippen molar-refractivity contribution in [2.24, 2.45) is 0 Å². The molecule has 0 saturated heterocycles. The lowest BCUT2D eigenvalue weighted by Crippen LogP contribution is -2.29. The van der Waals surface area contributed by atoms with Crippen LogP contribution in [0.3, 0.4) is 0 Å². The Morgan fingerprint density at radius 1 is 1.33 bits per heavy atom. The number of carboxylic acid groups (broad SMARTS) is 1. The van der Waals surface area contributed by atoms with E-state index in [1.54, 1.807) is 27.7 Å². The topological polar surface area (TPSA) is 139 Å². The van der Waals surface area contributed by atoms with Crippen molar-refractivity contribution in [3.63, 3.8) is 0 Å². The van der Waals surface area contributed by atoms with Crippen LogP contribution in [0.15, 0.2) is 52.2 Å². The van der Waals surface area contributed by atoms with Crippen LogP contribution < -0.4 is 10.0 Å². The van der Waals surface area contributed by atoms with Gasteiger partial charge in [-0.3, -0.25) is 10.1 Å². The number of carbonyl (C=O) groups is 1. The van der Waals surface area contributed by atoms with Crippen molar-refractivity contribution >= 4 is 33.3 Å². The lowest BCUT2D eigenvalue weighted by molar-refractivity contribution is -0.384. The number of benzene rings is 1. The zero-order valence-electron chi connectivity index (χ0n) is 16.8. The quantitative estimate of drug-likeness (QED) is 0.423. The molecule has 0 fully saturated rings. The van der Waals surface area contributed by atoms with E-state index in [0.717, 1.165) is 5.41 Å². The van der Waals surface area contributed by atoms with Crippen molar-refractivity contribution in [1.82, 2.24) is 10.0 Å². The van der Waals surface area contributed by atoms with Crippen molar-refractivity contribution < 1.29 is 23.2 Å². The van der Waals surface area contributed by atoms with Crippen LogP contribution in [0, 0.1) is 10.1 Å². The van der Waals surface area contributed by atoms with Gasteiger partial charge in [-0.2, -0.15) is 0 Å². The van der Waals surface area contributed by atoms with E-state index in [1.165, 1.54) is 24.3 Å². The second-order valence-electron chi connectivity index (χ2n) is 7.07. The van der Waals surface area contributed by atoms with E-state index in [0.29, 0.717) is 17.0 Å². The lowest BCUT2D eigenvalue weighted by atomic mass is 9.80. The molecule has 0 aromatic heterocycles. The van der Waals surface area contributed by atoms with E-state index < -0.39 is 26.8 Å². The number of carboxylic acids is 1. The molecular formula is C19H22ClN3O6S. The van der Waals surface area contributed by atoms with Crippen LogP contribution in [-0.2, 0) is 14.8 Å². The third-order valence-corrected chi connectivity index (χ3v) is 6.01. The van der Waals surface area contributed by atoms with Gasteiger partial charge in [0.2, 0.25) is 10.0 Å². The minimum atomic E-state index is -3.79. The zero-order valence-corrected chi connectivity index (χ0v) is 18.3. The summed E-state index contributed by atoms with van der Waals surface area (Å²) >= 11 is 6.29. The Bertz CT molecular complexity index is 1090. The number of halogens is 1. The molecule has 0 amide bonds. The van der Waals surface area contributed by atoms with Crippen LogP contribution in [-0.4, -0.2) is 30.5 Å². The summed E-state index contributed by atoms with van der Waals surface area (Å²) < 4.78 is 26.9. The van der Waals surface area contributed by atoms with E-state index in [-0.39, 0.29) is 27.9 Å². The number of nitrogens with one attached hydrogen (secondary N) is 2. The van der Waals surface area contributed by atoms with Crippen LogP contribution in [0.5, 0.6) is 0 Å². The molecule has 1 aliphatic heterocycles. The summed E-state index contributed by atoms with van der Waals surface area (Å²) in [5.41, 5.74) is 0.989. The second kappa shape index (κ2) is 8.99. The van der Waals surface area contributed by atoms with Crippen LogP contribution in [0.4, 0.5) is 5.69 Å². The maximum absolute atomic E-state index is 12.2. The molecule has 1 unspecified atom stereocenters.